The summed E-state index contributed by atoms with van der Waals surface area (Å²) in [4.78, 5) is 32.4. The topological polar surface area (TPSA) is 96.3 Å². The number of aryl methyl sites for hydroxylation is 1. The van der Waals surface area contributed by atoms with Gasteiger partial charge in [0.15, 0.2) is 0 Å². The van der Waals surface area contributed by atoms with Gasteiger partial charge in [-0.2, -0.15) is 0 Å². The molecule has 0 atom stereocenters. The van der Waals surface area contributed by atoms with Gasteiger partial charge < -0.3 is 19.4 Å². The molecule has 7 nitrogen and oxygen atoms in total. The van der Waals surface area contributed by atoms with Crippen molar-refractivity contribution in [3.05, 3.63) is 65.7 Å². The van der Waals surface area contributed by atoms with E-state index < -0.39 is 7.82 Å². The van der Waals surface area contributed by atoms with Crippen molar-refractivity contribution in [1.82, 2.24) is 4.90 Å². The van der Waals surface area contributed by atoms with Gasteiger partial charge in [0.1, 0.15) is 5.75 Å². The highest BCUT2D eigenvalue weighted by molar-refractivity contribution is 7.46. The maximum atomic E-state index is 13.0. The molecule has 0 aliphatic carbocycles. The van der Waals surface area contributed by atoms with Crippen LogP contribution in [0.5, 0.6) is 5.75 Å². The van der Waals surface area contributed by atoms with Crippen molar-refractivity contribution < 1.29 is 28.4 Å². The van der Waals surface area contributed by atoms with Crippen LogP contribution in [-0.4, -0.2) is 40.4 Å². The molecule has 2 aromatic carbocycles. The number of benzene rings is 2. The summed E-state index contributed by atoms with van der Waals surface area (Å²) in [6.45, 7) is 3.15. The zero-order valence-electron chi connectivity index (χ0n) is 21.5. The van der Waals surface area contributed by atoms with Crippen LogP contribution in [0.15, 0.2) is 54.6 Å². The van der Waals surface area contributed by atoms with E-state index in [-0.39, 0.29) is 25.5 Å². The van der Waals surface area contributed by atoms with E-state index >= 15 is 0 Å². The molecule has 0 radical (unpaired) electrons. The van der Waals surface area contributed by atoms with Gasteiger partial charge in [-0.25, -0.2) is 4.57 Å². The Balaban J connectivity index is 1.78. The van der Waals surface area contributed by atoms with Gasteiger partial charge in [0.2, 0.25) is 5.91 Å². The third kappa shape index (κ3) is 13.8. The standard InChI is InChI=1S/C28H42NO6P/c1-2-3-4-5-6-7-8-12-21-34-27-17-13-16-25(23-27)18-19-28(30)29(20-22-35-36(31,32)33)24-26-14-10-9-11-15-26/h9-11,13-17,23H,2-8,12,18-22,24H2,1H3,(H2,31,32,33). The van der Waals surface area contributed by atoms with Crippen molar-refractivity contribution >= 4 is 13.7 Å². The van der Waals surface area contributed by atoms with Crippen LogP contribution in [-0.2, 0) is 26.8 Å². The van der Waals surface area contributed by atoms with E-state index in [1.807, 2.05) is 54.6 Å². The molecule has 0 heterocycles. The number of rotatable bonds is 19. The van der Waals surface area contributed by atoms with Gasteiger partial charge in [-0.15, -0.1) is 0 Å². The molecule has 0 unspecified atom stereocenters. The van der Waals surface area contributed by atoms with Crippen molar-refractivity contribution in [3.63, 3.8) is 0 Å². The Hall–Kier alpha value is -2.18. The molecule has 36 heavy (non-hydrogen) atoms. The monoisotopic (exact) mass is 519 g/mol. The molecule has 0 spiro atoms. The summed E-state index contributed by atoms with van der Waals surface area (Å²) in [5.74, 6) is 0.720. The first-order valence-corrected chi connectivity index (χ1v) is 14.6. The molecule has 8 heteroatoms. The third-order valence-corrected chi connectivity index (χ3v) is 6.50. The molecule has 2 N–H and O–H groups in total. The lowest BCUT2D eigenvalue weighted by molar-refractivity contribution is -0.132. The van der Waals surface area contributed by atoms with E-state index in [0.717, 1.165) is 23.3 Å². The normalized spacial score (nSPS) is 11.4. The van der Waals surface area contributed by atoms with Gasteiger partial charge in [-0.3, -0.25) is 9.32 Å². The summed E-state index contributed by atoms with van der Waals surface area (Å²) in [5.41, 5.74) is 1.96. The van der Waals surface area contributed by atoms with Crippen molar-refractivity contribution in [2.75, 3.05) is 19.8 Å². The van der Waals surface area contributed by atoms with Gasteiger partial charge in [0.05, 0.1) is 13.2 Å². The number of ether oxygens (including phenoxy) is 1. The predicted molar refractivity (Wildman–Crippen MR) is 143 cm³/mol. The number of nitrogens with zero attached hydrogens (tertiary/aromatic N) is 1. The molecule has 0 saturated heterocycles. The van der Waals surface area contributed by atoms with E-state index in [0.29, 0.717) is 19.6 Å². The average molecular weight is 520 g/mol. The summed E-state index contributed by atoms with van der Waals surface area (Å²) in [6.07, 6.45) is 10.9. The molecule has 2 rings (SSSR count). The zero-order chi connectivity index (χ0) is 26.1. The summed E-state index contributed by atoms with van der Waals surface area (Å²) >= 11 is 0. The number of phosphoric ester groups is 1. The molecule has 0 fully saturated rings. The van der Waals surface area contributed by atoms with Crippen LogP contribution in [0.25, 0.3) is 0 Å². The third-order valence-electron chi connectivity index (χ3n) is 5.98. The van der Waals surface area contributed by atoms with Crippen molar-refractivity contribution in [3.8, 4) is 5.75 Å². The molecular formula is C28H42NO6P. The Kier molecular flexibility index (Phi) is 14.4. The number of unbranched alkanes of at least 4 members (excludes halogenated alkanes) is 7. The molecule has 2 aromatic rings. The molecule has 0 aromatic heterocycles. The van der Waals surface area contributed by atoms with E-state index in [1.54, 1.807) is 4.90 Å². The first kappa shape index (κ1) is 30.0. The SMILES string of the molecule is CCCCCCCCCCOc1cccc(CCC(=O)N(CCOP(=O)(O)O)Cc2ccccc2)c1. The number of carbonyl (C=O) groups excluding carboxylic acids is 1. The van der Waals surface area contributed by atoms with Gasteiger partial charge >= 0.3 is 7.82 Å². The van der Waals surface area contributed by atoms with Gasteiger partial charge in [0.25, 0.3) is 0 Å². The Labute approximate surface area is 216 Å². The van der Waals surface area contributed by atoms with Crippen molar-refractivity contribution in [2.45, 2.75) is 77.7 Å². The lowest BCUT2D eigenvalue weighted by atomic mass is 10.1. The summed E-state index contributed by atoms with van der Waals surface area (Å²) in [6, 6.07) is 17.4. The van der Waals surface area contributed by atoms with Gasteiger partial charge in [-0.05, 0) is 36.1 Å². The van der Waals surface area contributed by atoms with Crippen LogP contribution >= 0.6 is 7.82 Å². The van der Waals surface area contributed by atoms with Gasteiger partial charge in [0, 0.05) is 19.5 Å². The lowest BCUT2D eigenvalue weighted by Crippen LogP contribution is -2.33. The highest BCUT2D eigenvalue weighted by atomic mass is 31.2. The second-order valence-corrected chi connectivity index (χ2v) is 10.3. The predicted octanol–water partition coefficient (Wildman–Crippen LogP) is 6.28. The van der Waals surface area contributed by atoms with E-state index in [1.165, 1.54) is 44.9 Å². The first-order chi connectivity index (χ1) is 17.4. The minimum Gasteiger partial charge on any atom is -0.494 e. The van der Waals surface area contributed by atoms with E-state index in [4.69, 9.17) is 14.5 Å². The van der Waals surface area contributed by atoms with E-state index in [2.05, 4.69) is 11.4 Å². The fraction of sp³-hybridized carbons (Fsp3) is 0.536. The fourth-order valence-corrected chi connectivity index (χ4v) is 4.31. The van der Waals surface area contributed by atoms with Crippen molar-refractivity contribution in [1.29, 1.82) is 0 Å². The minimum absolute atomic E-state index is 0.0978. The minimum atomic E-state index is -4.58. The number of amides is 1. The summed E-state index contributed by atoms with van der Waals surface area (Å²) in [7, 11) is -4.58. The Morgan fingerprint density at radius 2 is 1.53 bits per heavy atom. The van der Waals surface area contributed by atoms with E-state index in [9.17, 15) is 9.36 Å². The molecule has 0 bridgehead atoms. The second-order valence-electron chi connectivity index (χ2n) is 9.10. The molecular weight excluding hydrogens is 477 g/mol. The number of phosphoric acid groups is 1. The Morgan fingerprint density at radius 3 is 2.22 bits per heavy atom. The molecule has 0 aliphatic heterocycles. The summed E-state index contributed by atoms with van der Waals surface area (Å²) in [5, 5.41) is 0. The quantitative estimate of drug-likeness (QED) is 0.168. The molecule has 200 valence electrons. The molecule has 1 amide bonds. The fourth-order valence-electron chi connectivity index (χ4n) is 3.99. The highest BCUT2D eigenvalue weighted by Gasteiger charge is 2.18. The highest BCUT2D eigenvalue weighted by Crippen LogP contribution is 2.35. The summed E-state index contributed by atoms with van der Waals surface area (Å²) < 4.78 is 21.5. The van der Waals surface area contributed by atoms with Crippen LogP contribution in [0, 0.1) is 0 Å². The van der Waals surface area contributed by atoms with Crippen LogP contribution in [0.4, 0.5) is 0 Å². The Bertz CT molecular complexity index is 917. The smallest absolute Gasteiger partial charge is 0.469 e. The zero-order valence-corrected chi connectivity index (χ0v) is 22.4. The first-order valence-electron chi connectivity index (χ1n) is 13.1. The lowest BCUT2D eigenvalue weighted by Gasteiger charge is -2.23. The average Bonchev–Trinajstić information content (AvgIpc) is 2.86. The Morgan fingerprint density at radius 1 is 0.861 bits per heavy atom. The number of carbonyl (C=O) groups is 1. The van der Waals surface area contributed by atoms with Crippen molar-refractivity contribution in [2.24, 2.45) is 0 Å². The molecule has 0 aliphatic rings. The van der Waals surface area contributed by atoms with Crippen LogP contribution in [0.1, 0.15) is 75.8 Å². The van der Waals surface area contributed by atoms with Gasteiger partial charge in [-0.1, -0.05) is 94.3 Å². The maximum absolute atomic E-state index is 13.0. The van der Waals surface area contributed by atoms with Crippen LogP contribution in [0.3, 0.4) is 0 Å². The molecule has 0 saturated carbocycles. The number of hydrogen-bond acceptors (Lipinski definition) is 4. The second kappa shape index (κ2) is 17.3. The number of hydrogen-bond donors (Lipinski definition) is 2. The largest absolute Gasteiger partial charge is 0.494 e. The van der Waals surface area contributed by atoms with Crippen LogP contribution < -0.4 is 4.74 Å². The van der Waals surface area contributed by atoms with Crippen LogP contribution in [0.2, 0.25) is 0 Å². The maximum Gasteiger partial charge on any atom is 0.469 e.